The molecule has 0 aliphatic carbocycles. The van der Waals surface area contributed by atoms with Gasteiger partial charge >= 0.3 is 12.1 Å². The molecule has 1 rings (SSSR count). The van der Waals surface area contributed by atoms with Crippen molar-refractivity contribution in [3.8, 4) is 0 Å². The maximum atomic E-state index is 12.8. The molecule has 1 aromatic rings. The lowest BCUT2D eigenvalue weighted by molar-refractivity contribution is -0.137. The minimum Gasteiger partial charge on any atom is -0.480 e. The van der Waals surface area contributed by atoms with E-state index in [-0.39, 0.29) is 5.69 Å². The lowest BCUT2D eigenvalue weighted by atomic mass is 10.2. The van der Waals surface area contributed by atoms with Crippen LogP contribution in [0, 0.1) is 5.82 Å². The van der Waals surface area contributed by atoms with Crippen molar-refractivity contribution in [3.63, 3.8) is 0 Å². The van der Waals surface area contributed by atoms with E-state index in [9.17, 15) is 22.4 Å². The van der Waals surface area contributed by atoms with Crippen LogP contribution in [0.25, 0.3) is 0 Å². The highest BCUT2D eigenvalue weighted by atomic mass is 19.4. The molecule has 0 bridgehead atoms. The number of carboxylic acids is 1. The minimum absolute atomic E-state index is 0.227. The van der Waals surface area contributed by atoms with Gasteiger partial charge in [-0.2, -0.15) is 13.2 Å². The third-order valence-corrected chi connectivity index (χ3v) is 1.67. The highest BCUT2D eigenvalue weighted by Gasteiger charge is 2.31. The Bertz CT molecular complexity index is 403. The molecule has 0 fully saturated rings. The van der Waals surface area contributed by atoms with Crippen molar-refractivity contribution < 1.29 is 27.5 Å². The summed E-state index contributed by atoms with van der Waals surface area (Å²) in [5.41, 5.74) is -1.39. The van der Waals surface area contributed by atoms with Crippen LogP contribution in [0.15, 0.2) is 18.2 Å². The fraction of sp³-hybridized carbons (Fsp3) is 0.222. The highest BCUT2D eigenvalue weighted by molar-refractivity contribution is 5.72. The summed E-state index contributed by atoms with van der Waals surface area (Å²) < 4.78 is 49.5. The fourth-order valence-corrected chi connectivity index (χ4v) is 1.03. The molecule has 0 radical (unpaired) electrons. The molecule has 3 nitrogen and oxygen atoms in total. The molecular weight excluding hydrogens is 230 g/mol. The second kappa shape index (κ2) is 4.38. The number of nitrogens with one attached hydrogen (secondary N) is 1. The summed E-state index contributed by atoms with van der Waals surface area (Å²) in [4.78, 5) is 10.2. The van der Waals surface area contributed by atoms with Crippen LogP contribution in [0.3, 0.4) is 0 Å². The quantitative estimate of drug-likeness (QED) is 0.793. The number of aliphatic carboxylic acids is 1. The van der Waals surface area contributed by atoms with Crippen LogP contribution in [0.4, 0.5) is 23.2 Å². The van der Waals surface area contributed by atoms with Crippen molar-refractivity contribution in [1.29, 1.82) is 0 Å². The molecule has 0 unspecified atom stereocenters. The number of carbonyl (C=O) groups is 1. The number of anilines is 1. The third-order valence-electron chi connectivity index (χ3n) is 1.67. The molecule has 0 saturated heterocycles. The second-order valence-corrected chi connectivity index (χ2v) is 2.97. The van der Waals surface area contributed by atoms with E-state index in [2.05, 4.69) is 5.32 Å². The maximum absolute atomic E-state index is 12.8. The molecule has 1 aromatic carbocycles. The normalized spacial score (nSPS) is 11.2. The maximum Gasteiger partial charge on any atom is 0.416 e. The lowest BCUT2D eigenvalue weighted by Crippen LogP contribution is -2.13. The van der Waals surface area contributed by atoms with E-state index in [1.54, 1.807) is 0 Å². The fourth-order valence-electron chi connectivity index (χ4n) is 1.03. The van der Waals surface area contributed by atoms with Crippen molar-refractivity contribution in [3.05, 3.63) is 29.6 Å². The van der Waals surface area contributed by atoms with Gasteiger partial charge in [-0.3, -0.25) is 4.79 Å². The highest BCUT2D eigenvalue weighted by Crippen LogP contribution is 2.31. The van der Waals surface area contributed by atoms with Crippen LogP contribution in [-0.4, -0.2) is 17.6 Å². The zero-order valence-electron chi connectivity index (χ0n) is 7.81. The number of hydrogen-bond donors (Lipinski definition) is 2. The number of rotatable bonds is 3. The molecule has 88 valence electrons. The monoisotopic (exact) mass is 237 g/mol. The van der Waals surface area contributed by atoms with Crippen molar-refractivity contribution in [1.82, 2.24) is 0 Å². The average molecular weight is 237 g/mol. The first kappa shape index (κ1) is 12.3. The molecule has 0 heterocycles. The number of benzene rings is 1. The molecule has 2 N–H and O–H groups in total. The van der Waals surface area contributed by atoms with Crippen LogP contribution in [0.5, 0.6) is 0 Å². The second-order valence-electron chi connectivity index (χ2n) is 2.97. The van der Waals surface area contributed by atoms with Crippen molar-refractivity contribution in [2.45, 2.75) is 6.18 Å². The summed E-state index contributed by atoms with van der Waals surface area (Å²) in [6.07, 6.45) is -4.66. The van der Waals surface area contributed by atoms with Gasteiger partial charge in [-0.1, -0.05) is 0 Å². The summed E-state index contributed by atoms with van der Waals surface area (Å²) >= 11 is 0. The number of carboxylic acid groups (broad SMARTS) is 1. The van der Waals surface area contributed by atoms with Gasteiger partial charge in [-0.15, -0.1) is 0 Å². The van der Waals surface area contributed by atoms with Crippen LogP contribution in [0.1, 0.15) is 5.56 Å². The Kier molecular flexibility index (Phi) is 3.36. The Morgan fingerprint density at radius 3 is 2.44 bits per heavy atom. The topological polar surface area (TPSA) is 49.3 Å². The first-order valence-corrected chi connectivity index (χ1v) is 4.12. The molecule has 0 saturated carbocycles. The van der Waals surface area contributed by atoms with Crippen LogP contribution in [0.2, 0.25) is 0 Å². The number of alkyl halides is 3. The number of halogens is 4. The van der Waals surface area contributed by atoms with Crippen LogP contribution in [-0.2, 0) is 11.0 Å². The molecule has 0 spiro atoms. The van der Waals surface area contributed by atoms with Gasteiger partial charge in [-0.25, -0.2) is 4.39 Å². The minimum atomic E-state index is -4.66. The third kappa shape index (κ3) is 3.41. The van der Waals surface area contributed by atoms with Gasteiger partial charge in [0, 0.05) is 5.69 Å². The number of hydrogen-bond acceptors (Lipinski definition) is 2. The SMILES string of the molecule is O=C(O)CNc1cc(F)cc(C(F)(F)F)c1. The predicted molar refractivity (Wildman–Crippen MR) is 47.5 cm³/mol. The lowest BCUT2D eigenvalue weighted by Gasteiger charge is -2.09. The van der Waals surface area contributed by atoms with Crippen molar-refractivity contribution >= 4 is 11.7 Å². The summed E-state index contributed by atoms with van der Waals surface area (Å²) in [7, 11) is 0. The molecule has 7 heteroatoms. The van der Waals surface area contributed by atoms with E-state index >= 15 is 0 Å². The Morgan fingerprint density at radius 1 is 1.31 bits per heavy atom. The smallest absolute Gasteiger partial charge is 0.416 e. The van der Waals surface area contributed by atoms with E-state index in [0.717, 1.165) is 6.07 Å². The van der Waals surface area contributed by atoms with Gasteiger partial charge in [0.05, 0.1) is 5.56 Å². The predicted octanol–water partition coefficient (Wildman–Crippen LogP) is 2.34. The van der Waals surface area contributed by atoms with Gasteiger partial charge < -0.3 is 10.4 Å². The summed E-state index contributed by atoms with van der Waals surface area (Å²) in [6.45, 7) is -0.583. The molecular formula is C9H7F4NO2. The molecule has 0 aromatic heterocycles. The Labute approximate surface area is 87.7 Å². The van der Waals surface area contributed by atoms with E-state index in [1.807, 2.05) is 0 Å². The van der Waals surface area contributed by atoms with E-state index in [4.69, 9.17) is 5.11 Å². The van der Waals surface area contributed by atoms with Crippen LogP contribution >= 0.6 is 0 Å². The van der Waals surface area contributed by atoms with Gasteiger partial charge in [0.15, 0.2) is 0 Å². The van der Waals surface area contributed by atoms with E-state index in [0.29, 0.717) is 12.1 Å². The van der Waals surface area contributed by atoms with Crippen molar-refractivity contribution in [2.24, 2.45) is 0 Å². The van der Waals surface area contributed by atoms with Crippen LogP contribution < -0.4 is 5.32 Å². The Hall–Kier alpha value is -1.79. The van der Waals surface area contributed by atoms with Gasteiger partial charge in [0.25, 0.3) is 0 Å². The largest absolute Gasteiger partial charge is 0.480 e. The first-order chi connectivity index (χ1) is 7.29. The molecule has 0 aliphatic rings. The summed E-state index contributed by atoms with van der Waals surface area (Å²) in [6, 6.07) is 1.77. The Morgan fingerprint density at radius 2 is 1.94 bits per heavy atom. The Balaban J connectivity index is 2.94. The molecule has 0 atom stereocenters. The van der Waals surface area contributed by atoms with Gasteiger partial charge in [-0.05, 0) is 18.2 Å². The summed E-state index contributed by atoms with van der Waals surface area (Å²) in [5.74, 6) is -2.33. The molecule has 0 amide bonds. The van der Waals surface area contributed by atoms with Crippen molar-refractivity contribution in [2.75, 3.05) is 11.9 Å². The van der Waals surface area contributed by atoms with E-state index < -0.39 is 30.1 Å². The summed E-state index contributed by atoms with van der Waals surface area (Å²) in [5, 5.41) is 10.5. The molecule has 16 heavy (non-hydrogen) atoms. The molecule has 0 aliphatic heterocycles. The van der Waals surface area contributed by atoms with Gasteiger partial charge in [0.2, 0.25) is 0 Å². The standard InChI is InChI=1S/C9H7F4NO2/c10-6-1-5(9(11,12)13)2-7(3-6)14-4-8(15)16/h1-3,14H,4H2,(H,15,16). The van der Waals surface area contributed by atoms with Gasteiger partial charge in [0.1, 0.15) is 12.4 Å². The zero-order valence-corrected chi connectivity index (χ0v) is 7.81. The van der Waals surface area contributed by atoms with E-state index in [1.165, 1.54) is 0 Å². The average Bonchev–Trinajstić information content (AvgIpc) is 2.12. The zero-order chi connectivity index (χ0) is 12.3. The first-order valence-electron chi connectivity index (χ1n) is 4.12.